The highest BCUT2D eigenvalue weighted by atomic mass is 35.5. The molecule has 4 rings (SSSR count). The van der Waals surface area contributed by atoms with Crippen LogP contribution in [0.15, 0.2) is 42.5 Å². The van der Waals surface area contributed by atoms with E-state index in [-0.39, 0.29) is 31.4 Å². The first-order chi connectivity index (χ1) is 15.1. The summed E-state index contributed by atoms with van der Waals surface area (Å²) in [5.74, 6) is 2.34. The predicted molar refractivity (Wildman–Crippen MR) is 139 cm³/mol. The van der Waals surface area contributed by atoms with Crippen molar-refractivity contribution in [2.24, 2.45) is 0 Å². The summed E-state index contributed by atoms with van der Waals surface area (Å²) in [7, 11) is 0. The number of piperidine rings is 1. The van der Waals surface area contributed by atoms with Gasteiger partial charge in [0.15, 0.2) is 0 Å². The van der Waals surface area contributed by atoms with Crippen molar-refractivity contribution in [3.05, 3.63) is 53.6 Å². The van der Waals surface area contributed by atoms with Gasteiger partial charge in [-0.2, -0.15) is 0 Å². The van der Waals surface area contributed by atoms with Crippen molar-refractivity contribution in [3.63, 3.8) is 0 Å². The van der Waals surface area contributed by atoms with Gasteiger partial charge in [0.25, 0.3) is 0 Å². The monoisotopic (exact) mass is 496 g/mol. The number of aryl methyl sites for hydroxylation is 1. The van der Waals surface area contributed by atoms with E-state index >= 15 is 0 Å². The molecule has 1 aliphatic carbocycles. The van der Waals surface area contributed by atoms with Crippen molar-refractivity contribution < 1.29 is 14.6 Å². The smallest absolute Gasteiger partial charge is 0.124 e. The number of hydrogen-bond donors (Lipinski definition) is 2. The largest absolute Gasteiger partial charge is 0.490 e. The third kappa shape index (κ3) is 7.96. The van der Waals surface area contributed by atoms with Crippen molar-refractivity contribution in [3.8, 4) is 11.5 Å². The summed E-state index contributed by atoms with van der Waals surface area (Å²) < 4.78 is 11.9. The second-order valence-electron chi connectivity index (χ2n) is 9.16. The maximum Gasteiger partial charge on any atom is 0.124 e. The van der Waals surface area contributed by atoms with E-state index in [4.69, 9.17) is 15.2 Å². The fraction of sp³-hybridized carbons (Fsp3) is 0.538. The van der Waals surface area contributed by atoms with Gasteiger partial charge < -0.3 is 25.2 Å². The van der Waals surface area contributed by atoms with Gasteiger partial charge in [-0.15, -0.1) is 24.8 Å². The molecule has 2 fully saturated rings. The Bertz CT molecular complexity index is 836. The van der Waals surface area contributed by atoms with Crippen LogP contribution >= 0.6 is 24.8 Å². The highest BCUT2D eigenvalue weighted by Crippen LogP contribution is 2.30. The number of nitrogens with zero attached hydrogens (tertiary/aromatic N) is 1. The van der Waals surface area contributed by atoms with Gasteiger partial charge in [-0.05, 0) is 93.8 Å². The molecular formula is C26H38Cl2N2O3. The second kappa shape index (κ2) is 13.3. The molecule has 1 saturated carbocycles. The molecular weight excluding hydrogens is 459 g/mol. The van der Waals surface area contributed by atoms with Gasteiger partial charge >= 0.3 is 0 Å². The molecule has 0 unspecified atom stereocenters. The molecule has 7 heteroatoms. The number of ether oxygens (including phenoxy) is 2. The normalized spacial score (nSPS) is 18.2. The zero-order valence-electron chi connectivity index (χ0n) is 19.4. The molecule has 2 aromatic carbocycles. The molecule has 0 spiro atoms. The lowest BCUT2D eigenvalue weighted by molar-refractivity contribution is 0.0592. The Hall–Kier alpha value is -1.66. The maximum atomic E-state index is 10.4. The van der Waals surface area contributed by atoms with Gasteiger partial charge in [0.05, 0.1) is 6.10 Å². The molecule has 0 bridgehead atoms. The van der Waals surface area contributed by atoms with E-state index in [1.54, 1.807) is 0 Å². The molecule has 2 aromatic rings. The van der Waals surface area contributed by atoms with Crippen molar-refractivity contribution in [1.29, 1.82) is 0 Å². The van der Waals surface area contributed by atoms with Crippen LogP contribution < -0.4 is 15.2 Å². The Labute approximate surface area is 210 Å². The van der Waals surface area contributed by atoms with E-state index in [2.05, 4.69) is 29.2 Å². The van der Waals surface area contributed by atoms with E-state index in [0.717, 1.165) is 43.0 Å². The average molecular weight is 498 g/mol. The fourth-order valence-electron chi connectivity index (χ4n) is 4.77. The quantitative estimate of drug-likeness (QED) is 0.481. The molecule has 2 aliphatic rings. The first-order valence-electron chi connectivity index (χ1n) is 11.7. The minimum absolute atomic E-state index is 0. The summed E-state index contributed by atoms with van der Waals surface area (Å²) in [6.07, 6.45) is 7.10. The Morgan fingerprint density at radius 2 is 1.67 bits per heavy atom. The summed E-state index contributed by atoms with van der Waals surface area (Å²) in [4.78, 5) is 2.34. The number of rotatable bonds is 8. The lowest BCUT2D eigenvalue weighted by Gasteiger charge is -2.33. The van der Waals surface area contributed by atoms with Gasteiger partial charge in [-0.1, -0.05) is 18.2 Å². The summed E-state index contributed by atoms with van der Waals surface area (Å²) in [6.45, 7) is 4.91. The van der Waals surface area contributed by atoms with E-state index in [9.17, 15) is 5.11 Å². The van der Waals surface area contributed by atoms with E-state index in [0.29, 0.717) is 24.3 Å². The topological polar surface area (TPSA) is 68.0 Å². The van der Waals surface area contributed by atoms with Crippen LogP contribution in [0, 0.1) is 6.92 Å². The number of benzene rings is 2. The maximum absolute atomic E-state index is 10.4. The summed E-state index contributed by atoms with van der Waals surface area (Å²) >= 11 is 0. The van der Waals surface area contributed by atoms with Gasteiger partial charge in [0.2, 0.25) is 0 Å². The third-order valence-corrected chi connectivity index (χ3v) is 6.66. The molecule has 0 aromatic heterocycles. The first-order valence-corrected chi connectivity index (χ1v) is 11.7. The number of nitrogens with two attached hydrogens (primary N) is 1. The van der Waals surface area contributed by atoms with E-state index < -0.39 is 6.10 Å². The van der Waals surface area contributed by atoms with Gasteiger partial charge in [0, 0.05) is 18.3 Å². The number of β-amino-alcohol motifs (C(OH)–C–C–N with tert-alkyl or cyclic N) is 1. The van der Waals surface area contributed by atoms with Crippen LogP contribution in [0.5, 0.6) is 11.5 Å². The summed E-state index contributed by atoms with van der Waals surface area (Å²) in [5, 5.41) is 10.4. The third-order valence-electron chi connectivity index (χ3n) is 6.66. The molecule has 1 aliphatic heterocycles. The Kier molecular flexibility index (Phi) is 11.1. The predicted octanol–water partition coefficient (Wildman–Crippen LogP) is 5.36. The molecule has 1 saturated heterocycles. The number of nitrogen functional groups attached to an aromatic ring is 1. The molecule has 1 heterocycles. The SMILES string of the molecule is Cc1ccc(N)cc1OC[C@@H](O)CN1CCC(c2ccc(OC3CCCC3)cc2)CC1.Cl.Cl. The summed E-state index contributed by atoms with van der Waals surface area (Å²) in [5.41, 5.74) is 8.94. The molecule has 0 radical (unpaired) electrons. The molecule has 33 heavy (non-hydrogen) atoms. The highest BCUT2D eigenvalue weighted by Gasteiger charge is 2.23. The zero-order valence-corrected chi connectivity index (χ0v) is 21.1. The van der Waals surface area contributed by atoms with Crippen LogP contribution in [0.2, 0.25) is 0 Å². The van der Waals surface area contributed by atoms with Crippen LogP contribution in [-0.4, -0.2) is 48.5 Å². The van der Waals surface area contributed by atoms with Gasteiger partial charge in [-0.3, -0.25) is 0 Å². The minimum Gasteiger partial charge on any atom is -0.490 e. The van der Waals surface area contributed by atoms with Crippen LogP contribution in [0.25, 0.3) is 0 Å². The van der Waals surface area contributed by atoms with Crippen molar-refractivity contribution in [2.45, 2.75) is 63.6 Å². The van der Waals surface area contributed by atoms with Crippen molar-refractivity contribution in [2.75, 3.05) is 32.0 Å². The molecule has 0 amide bonds. The number of aliphatic hydroxyl groups is 1. The molecule has 3 N–H and O–H groups in total. The number of aliphatic hydroxyl groups excluding tert-OH is 1. The molecule has 1 atom stereocenters. The number of anilines is 1. The minimum atomic E-state index is -0.510. The Balaban J connectivity index is 0.00000193. The molecule has 184 valence electrons. The number of hydrogen-bond acceptors (Lipinski definition) is 5. The average Bonchev–Trinajstić information content (AvgIpc) is 3.29. The van der Waals surface area contributed by atoms with Crippen LogP contribution in [-0.2, 0) is 0 Å². The number of likely N-dealkylation sites (tertiary alicyclic amines) is 1. The Morgan fingerprint density at radius 3 is 2.33 bits per heavy atom. The summed E-state index contributed by atoms with van der Waals surface area (Å²) in [6, 6.07) is 14.4. The second-order valence-corrected chi connectivity index (χ2v) is 9.16. The van der Waals surface area contributed by atoms with Crippen LogP contribution in [0.3, 0.4) is 0 Å². The van der Waals surface area contributed by atoms with Crippen molar-refractivity contribution >= 4 is 30.5 Å². The van der Waals surface area contributed by atoms with E-state index in [1.807, 2.05) is 25.1 Å². The van der Waals surface area contributed by atoms with Crippen LogP contribution in [0.1, 0.15) is 55.6 Å². The Morgan fingerprint density at radius 1 is 1.00 bits per heavy atom. The number of halogens is 2. The lowest BCUT2D eigenvalue weighted by atomic mass is 9.89. The van der Waals surface area contributed by atoms with Gasteiger partial charge in [-0.25, -0.2) is 0 Å². The lowest BCUT2D eigenvalue weighted by Crippen LogP contribution is -2.40. The standard InChI is InChI=1S/C26H36N2O3.2ClH/c1-19-6-9-22(27)16-26(19)30-18-23(29)17-28-14-12-21(13-15-28)20-7-10-25(11-8-20)31-24-4-2-3-5-24;;/h6-11,16,21,23-24,29H,2-5,12-15,17-18,27H2,1H3;2*1H/t23-;;/m0../s1. The zero-order chi connectivity index (χ0) is 21.6. The first kappa shape index (κ1) is 27.6. The van der Waals surface area contributed by atoms with E-state index in [1.165, 1.54) is 31.2 Å². The highest BCUT2D eigenvalue weighted by molar-refractivity contribution is 5.85. The fourth-order valence-corrected chi connectivity index (χ4v) is 4.77. The molecule has 5 nitrogen and oxygen atoms in total. The van der Waals surface area contributed by atoms with Gasteiger partial charge in [0.1, 0.15) is 24.2 Å². The van der Waals surface area contributed by atoms with Crippen LogP contribution in [0.4, 0.5) is 5.69 Å². The van der Waals surface area contributed by atoms with Crippen molar-refractivity contribution in [1.82, 2.24) is 4.90 Å².